The molecule has 108 heavy (non-hydrogen) atoms. The van der Waals surface area contributed by atoms with Crippen LogP contribution in [0.5, 0.6) is 46.0 Å². The van der Waals surface area contributed by atoms with Crippen LogP contribution in [0.3, 0.4) is 0 Å². The Kier molecular flexibility index (Phi) is 24.1. The number of H-pyrrole nitrogens is 2. The topological polar surface area (TPSA) is 299 Å². The van der Waals surface area contributed by atoms with E-state index in [2.05, 4.69) is 58.9 Å². The first kappa shape index (κ1) is 74.8. The lowest BCUT2D eigenvalue weighted by Crippen LogP contribution is -2.14. The van der Waals surface area contributed by atoms with Crippen LogP contribution in [0.4, 0.5) is 41.9 Å². The number of aromatic amines is 2. The lowest BCUT2D eigenvalue weighted by Gasteiger charge is -2.11. The second-order valence-electron chi connectivity index (χ2n) is 25.3. The van der Waals surface area contributed by atoms with Crippen molar-refractivity contribution in [1.82, 2.24) is 39.9 Å². The highest BCUT2D eigenvalue weighted by atomic mass is 35.5. The maximum atomic E-state index is 12.6. The van der Waals surface area contributed by atoms with E-state index < -0.39 is 24.4 Å². The van der Waals surface area contributed by atoms with Gasteiger partial charge in [0, 0.05) is 66.5 Å². The van der Waals surface area contributed by atoms with E-state index >= 15 is 0 Å². The minimum atomic E-state index is -0.572. The van der Waals surface area contributed by atoms with Crippen LogP contribution in [-0.4, -0.2) is 90.7 Å². The molecule has 0 saturated carbocycles. The van der Waals surface area contributed by atoms with Gasteiger partial charge in [0.05, 0.1) is 46.5 Å². The molecule has 0 atom stereocenters. The minimum absolute atomic E-state index is 0.166. The van der Waals surface area contributed by atoms with Crippen molar-refractivity contribution >= 4 is 138 Å². The van der Waals surface area contributed by atoms with E-state index in [-0.39, 0.29) is 89.0 Å². The minimum Gasteiger partial charge on any atom is -0.456 e. The van der Waals surface area contributed by atoms with Crippen LogP contribution in [0.15, 0.2) is 146 Å². The highest BCUT2D eigenvalue weighted by Crippen LogP contribution is 2.47. The normalized spacial score (nSPS) is 11.3. The van der Waals surface area contributed by atoms with Gasteiger partial charge in [-0.15, -0.1) is 0 Å². The van der Waals surface area contributed by atoms with Crippen LogP contribution in [0, 0.1) is 0 Å². The Morgan fingerprint density at radius 2 is 0.537 bits per heavy atom. The fraction of sp³-hybridized carbons (Fsp3) is 0.250. The lowest BCUT2D eigenvalue weighted by atomic mass is 10.1. The van der Waals surface area contributed by atoms with Crippen molar-refractivity contribution in [2.45, 2.75) is 105 Å². The maximum absolute atomic E-state index is 12.6. The zero-order valence-corrected chi connectivity index (χ0v) is 62.3. The van der Waals surface area contributed by atoms with Gasteiger partial charge in [0.15, 0.2) is 23.3 Å². The van der Waals surface area contributed by atoms with Gasteiger partial charge < -0.3 is 47.9 Å². The third-order valence-corrected chi connectivity index (χ3v) is 18.5. The lowest BCUT2D eigenvalue weighted by molar-refractivity contribution is 0.158. The van der Waals surface area contributed by atoms with E-state index in [0.29, 0.717) is 116 Å². The molecule has 0 radical (unpaired) electrons. The summed E-state index contributed by atoms with van der Waals surface area (Å²) in [6, 6.07) is 40.6. The summed E-state index contributed by atoms with van der Waals surface area (Å²) in [5.41, 5.74) is 4.80. The number of carbonyl (C=O) groups excluding carboxylic acids is 4. The molecule has 24 nitrogen and oxygen atoms in total. The van der Waals surface area contributed by atoms with Crippen molar-refractivity contribution < 1.29 is 57.1 Å². The van der Waals surface area contributed by atoms with Crippen molar-refractivity contribution in [3.8, 4) is 91.5 Å². The number of carbonyl (C=O) groups is 4. The first-order valence-electron chi connectivity index (χ1n) is 35.6. The summed E-state index contributed by atoms with van der Waals surface area (Å²) in [7, 11) is 0. The highest BCUT2D eigenvalue weighted by molar-refractivity contribution is 6.34. The molecule has 4 amide bonds. The number of rotatable bonds is 28. The predicted molar refractivity (Wildman–Crippen MR) is 420 cm³/mol. The number of anilines is 4. The Labute approximate surface area is 640 Å². The van der Waals surface area contributed by atoms with E-state index in [1.54, 1.807) is 146 Å². The number of aromatic nitrogens is 8. The quantitative estimate of drug-likeness (QED) is 0.0196. The maximum Gasteiger partial charge on any atom is 0.411 e. The zero-order chi connectivity index (χ0) is 75.2. The average Bonchev–Trinajstić information content (AvgIpc) is 1.59. The van der Waals surface area contributed by atoms with Crippen LogP contribution in [-0.2, 0) is 18.9 Å². The van der Waals surface area contributed by atoms with Crippen LogP contribution in [0.25, 0.3) is 89.7 Å². The summed E-state index contributed by atoms with van der Waals surface area (Å²) in [5, 5.41) is 13.7. The average molecular weight is 1540 g/mol. The van der Waals surface area contributed by atoms with Gasteiger partial charge in [-0.2, -0.15) is 0 Å². The van der Waals surface area contributed by atoms with Crippen LogP contribution in [0.1, 0.15) is 105 Å². The third-order valence-electron chi connectivity index (χ3n) is 17.3. The number of nitrogens with one attached hydrogen (secondary N) is 6. The largest absolute Gasteiger partial charge is 0.456 e. The Morgan fingerprint density at radius 3 is 0.796 bits per heavy atom. The monoisotopic (exact) mass is 1530 g/mol. The molecular formula is C80H74Cl4N12O12. The van der Waals surface area contributed by atoms with E-state index in [0.717, 1.165) is 77.0 Å². The molecular weight excluding hydrogens is 1460 g/mol. The number of ether oxygens (including phenoxy) is 8. The Morgan fingerprint density at radius 1 is 0.306 bits per heavy atom. The molecule has 6 N–H and O–H groups in total. The summed E-state index contributed by atoms with van der Waals surface area (Å²) in [6.45, 7) is 9.50. The van der Waals surface area contributed by atoms with Gasteiger partial charge in [-0.1, -0.05) is 125 Å². The van der Waals surface area contributed by atoms with Crippen LogP contribution >= 0.6 is 46.4 Å². The SMILES string of the molecule is CCCCCOC(=O)Nc1ccc(Oc2cc3c(cc2Cl)-c2nc-3nc3[nH]c(nc4nc(nc5[nH]c(n2)c2cc(Oc6ccc(NC(=O)OCCCCC)cc6)c(Cl)cc52)-c2cc(Oc5ccc(NC(=O)OCCCCC)cc5)c(Cl)cc2-4)c2cc(Oc4ccc(NC(=O)OCCCCC)cc4)c(Cl)cc32)cc1. The number of benzene rings is 8. The molecule has 2 aliphatic heterocycles. The van der Waals surface area contributed by atoms with Crippen LogP contribution < -0.4 is 40.2 Å². The molecule has 13 rings (SSSR count). The standard InChI is InChI=1S/C80H74Cl4N12O12/c1-5-9-13-33-101-77(97)85-45-17-25-49(26-18-45)105-65-41-57-53(37-61(65)81)69-89-73(57)93-70-54-38-62(82)66(106-50-27-19-46(20-28-50)86-78(98)102-34-14-10-6-2)42-58(54)75(90-70)95-72-56-40-64(84)68(108-52-31-23-48(24-32-52)88-80(100)104-36-16-12-8-4)44-60(56)76(92-72)96-71-55-39-63(83)67(43-59(55)74(91-71)94-69)107-51-29-21-47(22-30-51)87-79(99)103-35-15-11-7-3/h17-32,37-44H,5-16,33-36H2,1-4H3,(H,85,97)(H,86,98)(H,87,99)(H,88,100)(H2,89,90,91,92,93,94,95,96). The van der Waals surface area contributed by atoms with Gasteiger partial charge in [-0.05, 0) is 171 Å². The van der Waals surface area contributed by atoms with E-state index in [9.17, 15) is 19.2 Å². The van der Waals surface area contributed by atoms with E-state index in [1.165, 1.54) is 0 Å². The molecule has 8 aromatic carbocycles. The van der Waals surface area contributed by atoms with Crippen molar-refractivity contribution in [2.75, 3.05) is 47.7 Å². The molecule has 2 aliphatic rings. The fourth-order valence-corrected chi connectivity index (χ4v) is 12.5. The third kappa shape index (κ3) is 18.3. The number of halogens is 4. The molecule has 8 bridgehead atoms. The molecule has 11 aromatic rings. The Hall–Kier alpha value is -11.4. The fourth-order valence-electron chi connectivity index (χ4n) is 11.7. The molecule has 554 valence electrons. The summed E-state index contributed by atoms with van der Waals surface area (Å²) < 4.78 is 47.4. The second kappa shape index (κ2) is 34.9. The second-order valence-corrected chi connectivity index (χ2v) is 26.9. The summed E-state index contributed by atoms with van der Waals surface area (Å²) in [6.07, 6.45) is 8.50. The Bertz CT molecular complexity index is 5010. The predicted octanol–water partition coefficient (Wildman–Crippen LogP) is 23.6. The first-order valence-corrected chi connectivity index (χ1v) is 37.1. The number of nitrogens with zero attached hydrogens (tertiary/aromatic N) is 6. The van der Waals surface area contributed by atoms with Gasteiger partial charge in [-0.3, -0.25) is 21.3 Å². The van der Waals surface area contributed by atoms with Gasteiger partial charge in [-0.25, -0.2) is 49.1 Å². The number of fused-ring (bicyclic) bond motifs is 20. The molecule has 0 saturated heterocycles. The van der Waals surface area contributed by atoms with Crippen molar-refractivity contribution in [2.24, 2.45) is 0 Å². The summed E-state index contributed by atoms with van der Waals surface area (Å²) in [4.78, 5) is 88.8. The molecule has 28 heteroatoms. The number of hydrogen-bond donors (Lipinski definition) is 6. The number of amides is 4. The first-order chi connectivity index (χ1) is 52.5. The molecule has 5 heterocycles. The van der Waals surface area contributed by atoms with Crippen LogP contribution in [0.2, 0.25) is 20.1 Å². The highest BCUT2D eigenvalue weighted by Gasteiger charge is 2.28. The van der Waals surface area contributed by atoms with E-state index in [1.807, 2.05) is 0 Å². The molecule has 0 fully saturated rings. The van der Waals surface area contributed by atoms with Crippen molar-refractivity contribution in [3.05, 3.63) is 166 Å². The van der Waals surface area contributed by atoms with Crippen molar-refractivity contribution in [3.63, 3.8) is 0 Å². The molecule has 0 aliphatic carbocycles. The molecule has 3 aromatic heterocycles. The van der Waals surface area contributed by atoms with Crippen molar-refractivity contribution in [1.29, 1.82) is 0 Å². The molecule has 0 spiro atoms. The van der Waals surface area contributed by atoms with Gasteiger partial charge in [0.2, 0.25) is 0 Å². The number of unbranched alkanes of at least 4 members (excludes halogenated alkanes) is 8. The van der Waals surface area contributed by atoms with Gasteiger partial charge >= 0.3 is 24.4 Å². The summed E-state index contributed by atoms with van der Waals surface area (Å²) in [5.74, 6) is 3.18. The smallest absolute Gasteiger partial charge is 0.411 e. The Balaban J connectivity index is 0.949. The van der Waals surface area contributed by atoms with Gasteiger partial charge in [0.1, 0.15) is 68.6 Å². The number of hydrogen-bond acceptors (Lipinski definition) is 18. The zero-order valence-electron chi connectivity index (χ0n) is 59.3. The molecule has 0 unspecified atom stereocenters. The summed E-state index contributed by atoms with van der Waals surface area (Å²) >= 11 is 28.9. The van der Waals surface area contributed by atoms with E-state index in [4.69, 9.17) is 114 Å². The van der Waals surface area contributed by atoms with Gasteiger partial charge in [0.25, 0.3) is 0 Å².